The van der Waals surface area contributed by atoms with Gasteiger partial charge in [0.15, 0.2) is 0 Å². The summed E-state index contributed by atoms with van der Waals surface area (Å²) in [6.07, 6.45) is 0.393. The molecule has 0 aromatic heterocycles. The van der Waals surface area contributed by atoms with E-state index in [4.69, 9.17) is 9.47 Å². The van der Waals surface area contributed by atoms with Crippen LogP contribution in [0.4, 0.5) is 10.5 Å². The van der Waals surface area contributed by atoms with E-state index in [1.807, 2.05) is 48.5 Å². The van der Waals surface area contributed by atoms with Gasteiger partial charge in [-0.1, -0.05) is 46.3 Å². The lowest BCUT2D eigenvalue weighted by atomic mass is 9.92. The van der Waals surface area contributed by atoms with Crippen molar-refractivity contribution in [1.29, 1.82) is 0 Å². The van der Waals surface area contributed by atoms with Crippen molar-refractivity contribution < 1.29 is 23.9 Å². The second-order valence-electron chi connectivity index (χ2n) is 8.58. The van der Waals surface area contributed by atoms with Gasteiger partial charge in [0.25, 0.3) is 0 Å². The molecular weight excluding hydrogens is 488 g/mol. The molecule has 1 saturated heterocycles. The van der Waals surface area contributed by atoms with Crippen molar-refractivity contribution in [3.05, 3.63) is 64.1 Å². The number of anilines is 1. The van der Waals surface area contributed by atoms with Crippen molar-refractivity contribution >= 4 is 39.6 Å². The van der Waals surface area contributed by atoms with Crippen LogP contribution in [0.5, 0.6) is 0 Å². The SMILES string of the molecule is CC(=O)OC1CC(CC2CN(C(C)=O)c3ccc(Br)cc32)N(C(=O)OCc2ccccc2)C1. The molecule has 0 aliphatic carbocycles. The van der Waals surface area contributed by atoms with Crippen LogP contribution in [-0.4, -0.2) is 48.1 Å². The summed E-state index contributed by atoms with van der Waals surface area (Å²) in [7, 11) is 0. The fourth-order valence-corrected chi connectivity index (χ4v) is 5.17. The van der Waals surface area contributed by atoms with E-state index in [-0.39, 0.29) is 36.5 Å². The minimum atomic E-state index is -0.422. The summed E-state index contributed by atoms with van der Waals surface area (Å²) in [6.45, 7) is 3.97. The largest absolute Gasteiger partial charge is 0.461 e. The summed E-state index contributed by atoms with van der Waals surface area (Å²) in [5.41, 5.74) is 2.89. The van der Waals surface area contributed by atoms with Gasteiger partial charge < -0.3 is 19.3 Å². The number of benzene rings is 2. The number of carbonyl (C=O) groups is 3. The summed E-state index contributed by atoms with van der Waals surface area (Å²) in [5, 5.41) is 0. The Bertz CT molecular complexity index is 1040. The topological polar surface area (TPSA) is 76.2 Å². The highest BCUT2D eigenvalue weighted by molar-refractivity contribution is 9.10. The number of halogens is 1. The van der Waals surface area contributed by atoms with Crippen LogP contribution in [0, 0.1) is 0 Å². The highest BCUT2D eigenvalue weighted by Gasteiger charge is 2.41. The van der Waals surface area contributed by atoms with Crippen LogP contribution in [0.3, 0.4) is 0 Å². The van der Waals surface area contributed by atoms with Crippen molar-refractivity contribution in [2.45, 2.75) is 51.4 Å². The highest BCUT2D eigenvalue weighted by Crippen LogP contribution is 2.42. The van der Waals surface area contributed by atoms with Gasteiger partial charge in [0.1, 0.15) is 12.7 Å². The van der Waals surface area contributed by atoms with E-state index in [1.54, 1.807) is 16.7 Å². The summed E-state index contributed by atoms with van der Waals surface area (Å²) in [4.78, 5) is 40.2. The fraction of sp³-hybridized carbons (Fsp3) is 0.400. The second-order valence-corrected chi connectivity index (χ2v) is 9.49. The Morgan fingerprint density at radius 1 is 1.06 bits per heavy atom. The molecule has 174 valence electrons. The Kier molecular flexibility index (Phi) is 7.02. The number of esters is 1. The Labute approximate surface area is 201 Å². The molecule has 1 fully saturated rings. The number of hydrogen-bond donors (Lipinski definition) is 0. The Hall–Kier alpha value is -2.87. The molecular formula is C25H27BrN2O5. The molecule has 2 aliphatic rings. The zero-order valence-corrected chi connectivity index (χ0v) is 20.3. The monoisotopic (exact) mass is 514 g/mol. The third-order valence-corrected chi connectivity index (χ3v) is 6.70. The Balaban J connectivity index is 1.51. The average Bonchev–Trinajstić information content (AvgIpc) is 3.33. The van der Waals surface area contributed by atoms with Gasteiger partial charge in [0.2, 0.25) is 5.91 Å². The maximum absolute atomic E-state index is 13.0. The number of ether oxygens (including phenoxy) is 2. The van der Waals surface area contributed by atoms with E-state index >= 15 is 0 Å². The molecule has 2 aromatic rings. The smallest absolute Gasteiger partial charge is 0.410 e. The van der Waals surface area contributed by atoms with E-state index < -0.39 is 6.09 Å². The molecule has 7 nitrogen and oxygen atoms in total. The minimum absolute atomic E-state index is 0.00980. The van der Waals surface area contributed by atoms with Gasteiger partial charge >= 0.3 is 12.1 Å². The number of hydrogen-bond acceptors (Lipinski definition) is 5. The first-order valence-corrected chi connectivity index (χ1v) is 11.8. The lowest BCUT2D eigenvalue weighted by Crippen LogP contribution is -2.38. The third kappa shape index (κ3) is 5.38. The van der Waals surface area contributed by atoms with Crippen LogP contribution in [0.15, 0.2) is 53.0 Å². The third-order valence-electron chi connectivity index (χ3n) is 6.21. The van der Waals surface area contributed by atoms with E-state index in [0.29, 0.717) is 25.9 Å². The van der Waals surface area contributed by atoms with Gasteiger partial charge in [-0.05, 0) is 35.7 Å². The summed E-state index contributed by atoms with van der Waals surface area (Å²) < 4.78 is 12.0. The molecule has 4 rings (SSSR count). The zero-order chi connectivity index (χ0) is 23.5. The minimum Gasteiger partial charge on any atom is -0.461 e. The summed E-state index contributed by atoms with van der Waals surface area (Å²) in [6, 6.07) is 15.3. The number of carbonyl (C=O) groups excluding carboxylic acids is 3. The molecule has 0 radical (unpaired) electrons. The number of nitrogens with zero attached hydrogens (tertiary/aromatic N) is 2. The normalized spacial score (nSPS) is 21.6. The zero-order valence-electron chi connectivity index (χ0n) is 18.7. The molecule has 0 saturated carbocycles. The number of fused-ring (bicyclic) bond motifs is 1. The maximum Gasteiger partial charge on any atom is 0.410 e. The van der Waals surface area contributed by atoms with Crippen LogP contribution >= 0.6 is 15.9 Å². The first-order valence-electron chi connectivity index (χ1n) is 11.0. The first kappa shape index (κ1) is 23.3. The molecule has 33 heavy (non-hydrogen) atoms. The summed E-state index contributed by atoms with van der Waals surface area (Å²) >= 11 is 3.53. The van der Waals surface area contributed by atoms with E-state index in [2.05, 4.69) is 15.9 Å². The number of amides is 2. The Morgan fingerprint density at radius 3 is 2.52 bits per heavy atom. The Morgan fingerprint density at radius 2 is 1.82 bits per heavy atom. The lowest BCUT2D eigenvalue weighted by molar-refractivity contribution is -0.145. The lowest BCUT2D eigenvalue weighted by Gasteiger charge is -2.26. The quantitative estimate of drug-likeness (QED) is 0.543. The molecule has 0 spiro atoms. The van der Waals surface area contributed by atoms with Gasteiger partial charge in [-0.3, -0.25) is 9.59 Å². The van der Waals surface area contributed by atoms with Crippen molar-refractivity contribution in [1.82, 2.24) is 4.90 Å². The van der Waals surface area contributed by atoms with Crippen molar-refractivity contribution in [3.63, 3.8) is 0 Å². The van der Waals surface area contributed by atoms with E-state index in [0.717, 1.165) is 21.3 Å². The molecule has 2 aromatic carbocycles. The molecule has 3 atom stereocenters. The van der Waals surface area contributed by atoms with Crippen LogP contribution in [0.25, 0.3) is 0 Å². The maximum atomic E-state index is 13.0. The second kappa shape index (κ2) is 9.95. The molecule has 2 aliphatic heterocycles. The van der Waals surface area contributed by atoms with Crippen LogP contribution in [-0.2, 0) is 25.7 Å². The van der Waals surface area contributed by atoms with Crippen LogP contribution in [0.2, 0.25) is 0 Å². The van der Waals surface area contributed by atoms with Crippen molar-refractivity contribution in [3.8, 4) is 0 Å². The van der Waals surface area contributed by atoms with Gasteiger partial charge in [-0.25, -0.2) is 4.79 Å². The van der Waals surface area contributed by atoms with E-state index in [1.165, 1.54) is 6.92 Å². The van der Waals surface area contributed by atoms with Crippen LogP contribution < -0.4 is 4.90 Å². The van der Waals surface area contributed by atoms with E-state index in [9.17, 15) is 14.4 Å². The fourth-order valence-electron chi connectivity index (χ4n) is 4.79. The number of likely N-dealkylation sites (tertiary alicyclic amines) is 1. The molecule has 2 amide bonds. The van der Waals surface area contributed by atoms with Gasteiger partial charge in [-0.2, -0.15) is 0 Å². The van der Waals surface area contributed by atoms with Crippen molar-refractivity contribution in [2.75, 3.05) is 18.0 Å². The van der Waals surface area contributed by atoms with Gasteiger partial charge in [0.05, 0.1) is 6.54 Å². The standard InChI is InChI=1S/C25H27BrN2O5/c1-16(29)27-13-19(23-11-20(26)8-9-24(23)27)10-21-12-22(33-17(2)30)14-28(21)25(31)32-15-18-6-4-3-5-7-18/h3-9,11,19,21-22H,10,12-15H2,1-2H3. The average molecular weight is 515 g/mol. The molecule has 0 N–H and O–H groups in total. The predicted octanol–water partition coefficient (Wildman–Crippen LogP) is 4.63. The summed E-state index contributed by atoms with van der Waals surface area (Å²) in [5.74, 6) is -0.313. The first-order chi connectivity index (χ1) is 15.8. The van der Waals surface area contributed by atoms with Gasteiger partial charge in [-0.15, -0.1) is 0 Å². The molecule has 3 unspecified atom stereocenters. The molecule has 2 heterocycles. The van der Waals surface area contributed by atoms with Crippen LogP contribution in [0.1, 0.15) is 43.7 Å². The number of rotatable bonds is 5. The molecule has 0 bridgehead atoms. The van der Waals surface area contributed by atoms with Gasteiger partial charge in [0, 0.05) is 48.9 Å². The predicted molar refractivity (Wildman–Crippen MR) is 127 cm³/mol. The molecule has 8 heteroatoms. The highest BCUT2D eigenvalue weighted by atomic mass is 79.9. The van der Waals surface area contributed by atoms with Crippen molar-refractivity contribution in [2.24, 2.45) is 0 Å².